The molecule has 0 radical (unpaired) electrons. The molecule has 0 heterocycles. The predicted octanol–water partition coefficient (Wildman–Crippen LogP) is 2.81. The Morgan fingerprint density at radius 2 is 1.64 bits per heavy atom. The van der Waals surface area contributed by atoms with E-state index in [4.69, 9.17) is 4.43 Å². The molecule has 0 amide bonds. The van der Waals surface area contributed by atoms with Crippen molar-refractivity contribution in [3.8, 4) is 0 Å². The topological polar surface area (TPSA) is 35.5 Å². The molecule has 0 aliphatic rings. The molecule has 0 N–H and O–H groups in total. The molecule has 0 atom stereocenters. The van der Waals surface area contributed by atoms with E-state index in [0.717, 1.165) is 38.5 Å². The number of rotatable bonds is 9. The molecule has 0 bridgehead atoms. The van der Waals surface area contributed by atoms with Crippen molar-refractivity contribution in [2.45, 2.75) is 58.5 Å². The van der Waals surface area contributed by atoms with Gasteiger partial charge in [-0.25, -0.2) is 0 Å². The minimum atomic E-state index is -2.24. The van der Waals surface area contributed by atoms with Crippen molar-refractivity contribution in [3.05, 3.63) is 0 Å². The molecule has 0 spiro atoms. The van der Waals surface area contributed by atoms with Gasteiger partial charge in [-0.1, -0.05) is 39.5 Å². The predicted molar refractivity (Wildman–Crippen MR) is 57.4 cm³/mol. The maximum atomic E-state index is 11.1. The van der Waals surface area contributed by atoms with E-state index in [9.17, 15) is 4.46 Å². The highest BCUT2D eigenvalue weighted by atomic mass is 28.3. The first kappa shape index (κ1) is 13.6. The van der Waals surface area contributed by atoms with Crippen LogP contribution in [0.25, 0.3) is 0 Å². The molecule has 0 aromatic heterocycles. The van der Waals surface area contributed by atoms with Crippen LogP contribution in [0, 0.1) is 0 Å². The third-order valence-electron chi connectivity index (χ3n) is 2.19. The van der Waals surface area contributed by atoms with Gasteiger partial charge in [-0.05, 0) is 12.8 Å². The van der Waals surface area contributed by atoms with Crippen LogP contribution in [0.4, 0.5) is 0 Å². The molecule has 0 aliphatic heterocycles. The summed E-state index contributed by atoms with van der Waals surface area (Å²) in [5, 5.41) is 0. The Balaban J connectivity index is 3.77. The van der Waals surface area contributed by atoms with Gasteiger partial charge in [-0.2, -0.15) is 0 Å². The van der Waals surface area contributed by atoms with E-state index in [1.54, 1.807) is 0 Å². The molecule has 14 heavy (non-hydrogen) atoms. The standard InChI is InChI=1S/C10H22O3Si/c1-4-6-8-10(9-7-5-2)13-14(11)12-3/h10H,4-9H2,1-3H3. The molecule has 3 nitrogen and oxygen atoms in total. The number of hydrogen-bond donors (Lipinski definition) is 0. The number of unbranched alkanes of at least 4 members (excludes halogenated alkanes) is 2. The molecular weight excluding hydrogens is 196 g/mol. The Bertz CT molecular complexity index is 142. The van der Waals surface area contributed by atoms with Crippen LogP contribution in [-0.4, -0.2) is 22.4 Å². The van der Waals surface area contributed by atoms with E-state index < -0.39 is 9.17 Å². The minimum absolute atomic E-state index is 0.126. The Kier molecular flexibility index (Phi) is 8.93. The van der Waals surface area contributed by atoms with Gasteiger partial charge < -0.3 is 8.85 Å². The summed E-state index contributed by atoms with van der Waals surface area (Å²) in [5.41, 5.74) is 0. The molecule has 0 saturated heterocycles. The molecule has 84 valence electrons. The van der Waals surface area contributed by atoms with Crippen LogP contribution < -0.4 is 0 Å². The average molecular weight is 218 g/mol. The van der Waals surface area contributed by atoms with Gasteiger partial charge in [0.2, 0.25) is 0 Å². The Morgan fingerprint density at radius 3 is 2.00 bits per heavy atom. The third-order valence-corrected chi connectivity index (χ3v) is 3.05. The zero-order chi connectivity index (χ0) is 10.8. The number of hydrogen-bond acceptors (Lipinski definition) is 3. The second kappa shape index (κ2) is 9.18. The SMILES string of the molecule is CCCCC(CCCC)O[Si](=O)OC. The summed E-state index contributed by atoms with van der Waals surface area (Å²) < 4.78 is 21.1. The van der Waals surface area contributed by atoms with Gasteiger partial charge in [0.05, 0.1) is 13.2 Å². The Labute approximate surface area is 88.7 Å². The summed E-state index contributed by atoms with van der Waals surface area (Å²) in [5.74, 6) is 0. The van der Waals surface area contributed by atoms with Crippen molar-refractivity contribution >= 4 is 9.17 Å². The molecule has 0 aromatic rings. The fourth-order valence-electron chi connectivity index (χ4n) is 1.31. The van der Waals surface area contributed by atoms with Crippen LogP contribution in [0.5, 0.6) is 0 Å². The molecule has 0 unspecified atom stereocenters. The average Bonchev–Trinajstić information content (AvgIpc) is 2.21. The fraction of sp³-hybridized carbons (Fsp3) is 1.00. The van der Waals surface area contributed by atoms with Crippen molar-refractivity contribution < 1.29 is 13.3 Å². The van der Waals surface area contributed by atoms with Crippen LogP contribution >= 0.6 is 0 Å². The van der Waals surface area contributed by atoms with E-state index in [2.05, 4.69) is 18.3 Å². The quantitative estimate of drug-likeness (QED) is 0.558. The monoisotopic (exact) mass is 218 g/mol. The summed E-state index contributed by atoms with van der Waals surface area (Å²) in [4.78, 5) is 0. The lowest BCUT2D eigenvalue weighted by Crippen LogP contribution is -2.21. The second-order valence-corrected chi connectivity index (χ2v) is 4.62. The van der Waals surface area contributed by atoms with E-state index >= 15 is 0 Å². The van der Waals surface area contributed by atoms with Crippen LogP contribution in [-0.2, 0) is 13.3 Å². The van der Waals surface area contributed by atoms with Gasteiger partial charge in [-0.15, -0.1) is 0 Å². The van der Waals surface area contributed by atoms with Gasteiger partial charge in [0, 0.05) is 0 Å². The molecule has 0 aliphatic carbocycles. The van der Waals surface area contributed by atoms with E-state index in [0.29, 0.717) is 0 Å². The Morgan fingerprint density at radius 1 is 1.14 bits per heavy atom. The normalized spacial score (nSPS) is 10.3. The summed E-state index contributed by atoms with van der Waals surface area (Å²) in [6.07, 6.45) is 6.69. The van der Waals surface area contributed by atoms with Gasteiger partial charge in [0.1, 0.15) is 0 Å². The molecule has 0 aromatic carbocycles. The van der Waals surface area contributed by atoms with Gasteiger partial charge in [0.25, 0.3) is 0 Å². The molecule has 0 saturated carbocycles. The highest BCUT2D eigenvalue weighted by molar-refractivity contribution is 6.26. The summed E-state index contributed by atoms with van der Waals surface area (Å²) in [6.45, 7) is 4.30. The van der Waals surface area contributed by atoms with Gasteiger partial charge in [0.15, 0.2) is 0 Å². The van der Waals surface area contributed by atoms with Crippen LogP contribution in [0.15, 0.2) is 0 Å². The molecular formula is C10H22O3Si. The first-order valence-corrected chi connectivity index (χ1v) is 6.71. The van der Waals surface area contributed by atoms with Crippen molar-refractivity contribution in [1.29, 1.82) is 0 Å². The first-order chi connectivity index (χ1) is 6.74. The smallest absolute Gasteiger partial charge is 0.499 e. The zero-order valence-corrected chi connectivity index (χ0v) is 10.5. The van der Waals surface area contributed by atoms with Gasteiger partial charge in [-0.3, -0.25) is 4.46 Å². The van der Waals surface area contributed by atoms with Crippen LogP contribution in [0.3, 0.4) is 0 Å². The lowest BCUT2D eigenvalue weighted by atomic mass is 10.1. The highest BCUT2D eigenvalue weighted by Gasteiger charge is 2.16. The van der Waals surface area contributed by atoms with Crippen LogP contribution in [0.2, 0.25) is 0 Å². The van der Waals surface area contributed by atoms with Crippen molar-refractivity contribution in [2.75, 3.05) is 7.11 Å². The first-order valence-electron chi connectivity index (χ1n) is 5.49. The second-order valence-electron chi connectivity index (χ2n) is 3.48. The summed E-state index contributed by atoms with van der Waals surface area (Å²) >= 11 is 0. The fourth-order valence-corrected chi connectivity index (χ4v) is 1.91. The lowest BCUT2D eigenvalue weighted by molar-refractivity contribution is 0.114. The van der Waals surface area contributed by atoms with E-state index in [1.165, 1.54) is 7.11 Å². The third kappa shape index (κ3) is 7.06. The van der Waals surface area contributed by atoms with Crippen LogP contribution in [0.1, 0.15) is 52.4 Å². The molecule has 0 fully saturated rings. The van der Waals surface area contributed by atoms with E-state index in [1.807, 2.05) is 0 Å². The Hall–Kier alpha value is -0.383. The maximum Gasteiger partial charge on any atom is 0.767 e. The largest absolute Gasteiger partial charge is 0.767 e. The van der Waals surface area contributed by atoms with Crippen molar-refractivity contribution in [3.63, 3.8) is 0 Å². The van der Waals surface area contributed by atoms with Crippen molar-refractivity contribution in [2.24, 2.45) is 0 Å². The zero-order valence-electron chi connectivity index (χ0n) is 9.54. The minimum Gasteiger partial charge on any atom is -0.499 e. The summed E-state index contributed by atoms with van der Waals surface area (Å²) in [7, 11) is -0.809. The highest BCUT2D eigenvalue weighted by Crippen LogP contribution is 2.12. The molecule has 0 rings (SSSR count). The van der Waals surface area contributed by atoms with Crippen molar-refractivity contribution in [1.82, 2.24) is 0 Å². The lowest BCUT2D eigenvalue weighted by Gasteiger charge is -2.16. The summed E-state index contributed by atoms with van der Waals surface area (Å²) in [6, 6.07) is 0. The van der Waals surface area contributed by atoms with E-state index in [-0.39, 0.29) is 6.10 Å². The molecule has 4 heteroatoms. The maximum absolute atomic E-state index is 11.1. The van der Waals surface area contributed by atoms with Gasteiger partial charge >= 0.3 is 9.17 Å².